The maximum absolute atomic E-state index is 12.0. The Morgan fingerprint density at radius 2 is 2.05 bits per heavy atom. The third kappa shape index (κ3) is 4.05. The van der Waals surface area contributed by atoms with Crippen LogP contribution in [0.3, 0.4) is 0 Å². The van der Waals surface area contributed by atoms with Gasteiger partial charge in [0.2, 0.25) is 5.91 Å². The second-order valence-corrected chi connectivity index (χ2v) is 5.12. The van der Waals surface area contributed by atoms with E-state index in [9.17, 15) is 14.4 Å². The Balaban J connectivity index is 2.03. The third-order valence-corrected chi connectivity index (χ3v) is 3.35. The SMILES string of the molecule is CCC(NC(=O)c1cccc(NC(=O)C2CC2)c1)C(=O)O. The minimum absolute atomic E-state index is 0.0375. The standard InChI is InChI=1S/C15H18N2O4/c1-2-12(15(20)21)17-14(19)10-4-3-5-11(8-10)16-13(18)9-6-7-9/h3-5,8-9,12H,2,6-7H2,1H3,(H,16,18)(H,17,19)(H,20,21). The first-order valence-electron chi connectivity index (χ1n) is 6.96. The number of aliphatic carboxylic acids is 1. The molecule has 1 fully saturated rings. The van der Waals surface area contributed by atoms with E-state index < -0.39 is 17.9 Å². The summed E-state index contributed by atoms with van der Waals surface area (Å²) in [5, 5.41) is 14.1. The molecule has 1 aromatic carbocycles. The van der Waals surface area contributed by atoms with E-state index in [2.05, 4.69) is 10.6 Å². The molecule has 0 heterocycles. The van der Waals surface area contributed by atoms with Crippen LogP contribution in [0.5, 0.6) is 0 Å². The number of carbonyl (C=O) groups excluding carboxylic acids is 2. The van der Waals surface area contributed by atoms with Gasteiger partial charge in [-0.2, -0.15) is 0 Å². The van der Waals surface area contributed by atoms with Gasteiger partial charge in [0, 0.05) is 17.2 Å². The molecular formula is C15H18N2O4. The van der Waals surface area contributed by atoms with Gasteiger partial charge in [-0.15, -0.1) is 0 Å². The summed E-state index contributed by atoms with van der Waals surface area (Å²) in [4.78, 5) is 34.6. The molecule has 6 heteroatoms. The molecule has 3 N–H and O–H groups in total. The predicted molar refractivity (Wildman–Crippen MR) is 77.0 cm³/mol. The molecule has 1 unspecified atom stereocenters. The minimum Gasteiger partial charge on any atom is -0.480 e. The van der Waals surface area contributed by atoms with Crippen molar-refractivity contribution < 1.29 is 19.5 Å². The van der Waals surface area contributed by atoms with Crippen LogP contribution in [0.4, 0.5) is 5.69 Å². The fraction of sp³-hybridized carbons (Fsp3) is 0.400. The van der Waals surface area contributed by atoms with E-state index in [1.165, 1.54) is 0 Å². The molecule has 0 saturated heterocycles. The zero-order valence-corrected chi connectivity index (χ0v) is 11.8. The highest BCUT2D eigenvalue weighted by atomic mass is 16.4. The summed E-state index contributed by atoms with van der Waals surface area (Å²) < 4.78 is 0. The number of benzene rings is 1. The van der Waals surface area contributed by atoms with Gasteiger partial charge in [0.05, 0.1) is 0 Å². The lowest BCUT2D eigenvalue weighted by atomic mass is 10.1. The third-order valence-electron chi connectivity index (χ3n) is 3.35. The fourth-order valence-corrected chi connectivity index (χ4v) is 1.91. The maximum atomic E-state index is 12.0. The zero-order chi connectivity index (χ0) is 15.4. The van der Waals surface area contributed by atoms with Gasteiger partial charge in [0.15, 0.2) is 0 Å². The van der Waals surface area contributed by atoms with Crippen molar-refractivity contribution in [3.8, 4) is 0 Å². The van der Waals surface area contributed by atoms with Crippen LogP contribution in [-0.2, 0) is 9.59 Å². The maximum Gasteiger partial charge on any atom is 0.326 e. The fourth-order valence-electron chi connectivity index (χ4n) is 1.91. The number of anilines is 1. The van der Waals surface area contributed by atoms with Gasteiger partial charge in [-0.25, -0.2) is 4.79 Å². The van der Waals surface area contributed by atoms with Gasteiger partial charge < -0.3 is 15.7 Å². The van der Waals surface area contributed by atoms with E-state index in [0.29, 0.717) is 17.7 Å². The molecule has 0 aromatic heterocycles. The van der Waals surface area contributed by atoms with E-state index in [-0.39, 0.29) is 11.8 Å². The molecule has 1 saturated carbocycles. The summed E-state index contributed by atoms with van der Waals surface area (Å²) in [6, 6.07) is 5.56. The number of carbonyl (C=O) groups is 3. The Morgan fingerprint density at radius 1 is 1.33 bits per heavy atom. The Bertz CT molecular complexity index is 567. The first-order chi connectivity index (χ1) is 10.0. The number of carboxylic acids is 1. The van der Waals surface area contributed by atoms with Crippen molar-refractivity contribution in [2.24, 2.45) is 5.92 Å². The first-order valence-corrected chi connectivity index (χ1v) is 6.96. The quantitative estimate of drug-likeness (QED) is 0.742. The Morgan fingerprint density at radius 3 is 2.62 bits per heavy atom. The average molecular weight is 290 g/mol. The van der Waals surface area contributed by atoms with Crippen molar-refractivity contribution in [2.75, 3.05) is 5.32 Å². The van der Waals surface area contributed by atoms with Crippen molar-refractivity contribution in [2.45, 2.75) is 32.2 Å². The highest BCUT2D eigenvalue weighted by Gasteiger charge is 2.29. The van der Waals surface area contributed by atoms with E-state index in [4.69, 9.17) is 5.11 Å². The van der Waals surface area contributed by atoms with Crippen LogP contribution in [0.1, 0.15) is 36.5 Å². The Kier molecular flexibility index (Phi) is 4.57. The zero-order valence-electron chi connectivity index (χ0n) is 11.8. The summed E-state index contributed by atoms with van der Waals surface area (Å²) in [6.45, 7) is 1.69. The second-order valence-electron chi connectivity index (χ2n) is 5.12. The molecule has 1 aliphatic carbocycles. The van der Waals surface area contributed by atoms with Crippen LogP contribution in [0, 0.1) is 5.92 Å². The van der Waals surface area contributed by atoms with Gasteiger partial charge in [-0.1, -0.05) is 13.0 Å². The summed E-state index contributed by atoms with van der Waals surface area (Å²) in [5.74, 6) is -1.49. The summed E-state index contributed by atoms with van der Waals surface area (Å²) in [7, 11) is 0. The lowest BCUT2D eigenvalue weighted by molar-refractivity contribution is -0.139. The molecule has 1 aliphatic rings. The van der Waals surface area contributed by atoms with E-state index >= 15 is 0 Å². The largest absolute Gasteiger partial charge is 0.480 e. The highest BCUT2D eigenvalue weighted by molar-refractivity contribution is 5.99. The van der Waals surface area contributed by atoms with Crippen molar-refractivity contribution >= 4 is 23.5 Å². The molecule has 6 nitrogen and oxygen atoms in total. The van der Waals surface area contributed by atoms with Crippen LogP contribution >= 0.6 is 0 Å². The number of nitrogens with one attached hydrogen (secondary N) is 2. The molecule has 1 aromatic rings. The molecule has 21 heavy (non-hydrogen) atoms. The van der Waals surface area contributed by atoms with Crippen molar-refractivity contribution in [1.82, 2.24) is 5.32 Å². The second kappa shape index (κ2) is 6.39. The molecule has 0 aliphatic heterocycles. The van der Waals surface area contributed by atoms with E-state index in [0.717, 1.165) is 12.8 Å². The topological polar surface area (TPSA) is 95.5 Å². The average Bonchev–Trinajstić information content (AvgIpc) is 3.29. The van der Waals surface area contributed by atoms with E-state index in [1.54, 1.807) is 31.2 Å². The summed E-state index contributed by atoms with van der Waals surface area (Å²) in [6.07, 6.45) is 2.12. The normalized spacial score (nSPS) is 15.1. The molecule has 2 rings (SSSR count). The number of hydrogen-bond donors (Lipinski definition) is 3. The number of amides is 2. The Hall–Kier alpha value is -2.37. The Labute approximate surface area is 122 Å². The van der Waals surface area contributed by atoms with Crippen molar-refractivity contribution in [3.05, 3.63) is 29.8 Å². The van der Waals surface area contributed by atoms with Crippen LogP contribution in [0.25, 0.3) is 0 Å². The number of rotatable bonds is 6. The summed E-state index contributed by atoms with van der Waals surface area (Å²) in [5.41, 5.74) is 0.867. The lowest BCUT2D eigenvalue weighted by Crippen LogP contribution is -2.40. The van der Waals surface area contributed by atoms with Crippen molar-refractivity contribution in [3.63, 3.8) is 0 Å². The predicted octanol–water partition coefficient (Wildman–Crippen LogP) is 1.63. The minimum atomic E-state index is -1.07. The van der Waals surface area contributed by atoms with Gasteiger partial charge >= 0.3 is 5.97 Å². The molecule has 0 spiro atoms. The van der Waals surface area contributed by atoms with Crippen LogP contribution in [-0.4, -0.2) is 28.9 Å². The van der Waals surface area contributed by atoms with Crippen molar-refractivity contribution in [1.29, 1.82) is 0 Å². The van der Waals surface area contributed by atoms with Gasteiger partial charge in [-0.3, -0.25) is 9.59 Å². The van der Waals surface area contributed by atoms with Gasteiger partial charge in [0.25, 0.3) is 5.91 Å². The monoisotopic (exact) mass is 290 g/mol. The van der Waals surface area contributed by atoms with Gasteiger partial charge in [-0.05, 0) is 37.5 Å². The lowest BCUT2D eigenvalue weighted by Gasteiger charge is -2.13. The molecule has 0 bridgehead atoms. The number of carboxylic acid groups (broad SMARTS) is 1. The first kappa shape index (κ1) is 15.0. The molecular weight excluding hydrogens is 272 g/mol. The van der Waals surface area contributed by atoms with E-state index in [1.807, 2.05) is 0 Å². The number of hydrogen-bond acceptors (Lipinski definition) is 3. The van der Waals surface area contributed by atoms with Crippen LogP contribution < -0.4 is 10.6 Å². The molecule has 0 radical (unpaired) electrons. The molecule has 1 atom stereocenters. The molecule has 2 amide bonds. The molecule has 112 valence electrons. The highest BCUT2D eigenvalue weighted by Crippen LogP contribution is 2.30. The summed E-state index contributed by atoms with van der Waals surface area (Å²) >= 11 is 0. The smallest absolute Gasteiger partial charge is 0.326 e. The van der Waals surface area contributed by atoms with Crippen LogP contribution in [0.2, 0.25) is 0 Å². The van der Waals surface area contributed by atoms with Crippen LogP contribution in [0.15, 0.2) is 24.3 Å². The van der Waals surface area contributed by atoms with Gasteiger partial charge in [0.1, 0.15) is 6.04 Å².